The fourth-order valence-electron chi connectivity index (χ4n) is 8.64. The number of quaternary nitrogens is 1. The number of likely N-dealkylation sites (N-methyl/N-ethyl adjacent to an activating group) is 1. The minimum atomic E-state index is -4.38. The quantitative estimate of drug-likeness (QED) is 0.0211. The molecule has 0 aliphatic rings. The standard InChI is InChI=1S/C59H114NO8P/c1-6-8-10-12-14-16-18-20-22-24-26-28-30-32-34-36-38-40-42-44-46-48-50-52-59(62)68-57(56-67-69(63,64)66-54-53-60(3,4)5)55-65-58(61)51-49-47-45-43-41-39-37-35-33-31-29-27-25-23-21-19-17-15-13-11-9-7-2/h18,20,24,26,57H,6-17,19,21-23,25,27-56H2,1-5H3/p+1/b20-18-,26-24-. The lowest BCUT2D eigenvalue weighted by atomic mass is 10.0. The molecule has 0 saturated carbocycles. The number of nitrogens with zero attached hydrogens (tertiary/aromatic N) is 1. The van der Waals surface area contributed by atoms with Crippen LogP contribution >= 0.6 is 7.82 Å². The molecule has 0 rings (SSSR count). The molecule has 0 spiro atoms. The molecule has 0 aromatic rings. The highest BCUT2D eigenvalue weighted by molar-refractivity contribution is 7.47. The first-order chi connectivity index (χ1) is 33.5. The average molecular weight is 998 g/mol. The fraction of sp³-hybridized carbons (Fsp3) is 0.898. The van der Waals surface area contributed by atoms with Crippen LogP contribution in [0.3, 0.4) is 0 Å². The molecule has 69 heavy (non-hydrogen) atoms. The van der Waals surface area contributed by atoms with Gasteiger partial charge in [0.05, 0.1) is 27.7 Å². The molecule has 0 aliphatic carbocycles. The number of unbranched alkanes of at least 4 members (excludes halogenated alkanes) is 37. The highest BCUT2D eigenvalue weighted by atomic mass is 31.2. The van der Waals surface area contributed by atoms with Crippen molar-refractivity contribution in [2.45, 2.75) is 296 Å². The van der Waals surface area contributed by atoms with Gasteiger partial charge in [-0.15, -0.1) is 0 Å². The average Bonchev–Trinajstić information content (AvgIpc) is 3.31. The van der Waals surface area contributed by atoms with Crippen LogP contribution in [0.5, 0.6) is 0 Å². The molecular weight excluding hydrogens is 882 g/mol. The monoisotopic (exact) mass is 997 g/mol. The third-order valence-electron chi connectivity index (χ3n) is 13.2. The highest BCUT2D eigenvalue weighted by Crippen LogP contribution is 2.43. The smallest absolute Gasteiger partial charge is 0.462 e. The Balaban J connectivity index is 4.13. The first-order valence-electron chi connectivity index (χ1n) is 29.6. The Kier molecular flexibility index (Phi) is 50.3. The molecule has 2 unspecified atom stereocenters. The van der Waals surface area contributed by atoms with Crippen LogP contribution in [-0.2, 0) is 32.7 Å². The lowest BCUT2D eigenvalue weighted by molar-refractivity contribution is -0.870. The summed E-state index contributed by atoms with van der Waals surface area (Å²) in [4.78, 5) is 35.7. The van der Waals surface area contributed by atoms with E-state index in [0.717, 1.165) is 38.5 Å². The fourth-order valence-corrected chi connectivity index (χ4v) is 9.38. The van der Waals surface area contributed by atoms with Crippen molar-refractivity contribution in [3.05, 3.63) is 24.3 Å². The van der Waals surface area contributed by atoms with E-state index in [4.69, 9.17) is 18.5 Å². The maximum absolute atomic E-state index is 12.8. The predicted octanol–water partition coefficient (Wildman–Crippen LogP) is 18.2. The molecule has 0 radical (unpaired) electrons. The Morgan fingerprint density at radius 3 is 1.14 bits per heavy atom. The Labute approximate surface area is 428 Å². The van der Waals surface area contributed by atoms with E-state index in [-0.39, 0.29) is 25.6 Å². The van der Waals surface area contributed by atoms with Crippen molar-refractivity contribution in [1.29, 1.82) is 0 Å². The zero-order chi connectivity index (χ0) is 50.6. The molecule has 10 heteroatoms. The van der Waals surface area contributed by atoms with Crippen LogP contribution in [0.2, 0.25) is 0 Å². The summed E-state index contributed by atoms with van der Waals surface area (Å²) in [6.07, 6.45) is 61.0. The van der Waals surface area contributed by atoms with Crippen molar-refractivity contribution in [1.82, 2.24) is 0 Å². The van der Waals surface area contributed by atoms with Crippen LogP contribution in [0.4, 0.5) is 0 Å². The molecule has 0 aliphatic heterocycles. The zero-order valence-corrected chi connectivity index (χ0v) is 47.2. The van der Waals surface area contributed by atoms with Gasteiger partial charge in [-0.05, 0) is 44.9 Å². The summed E-state index contributed by atoms with van der Waals surface area (Å²) in [6.45, 7) is 4.48. The maximum atomic E-state index is 12.8. The van der Waals surface area contributed by atoms with E-state index in [1.54, 1.807) is 0 Å². The topological polar surface area (TPSA) is 108 Å². The van der Waals surface area contributed by atoms with Gasteiger partial charge in [0.25, 0.3) is 0 Å². The Hall–Kier alpha value is -1.51. The van der Waals surface area contributed by atoms with Crippen LogP contribution < -0.4 is 0 Å². The number of phosphoric acid groups is 1. The predicted molar refractivity (Wildman–Crippen MR) is 294 cm³/mol. The van der Waals surface area contributed by atoms with Gasteiger partial charge in [0.15, 0.2) is 6.10 Å². The van der Waals surface area contributed by atoms with Crippen molar-refractivity contribution in [3.63, 3.8) is 0 Å². The third-order valence-corrected chi connectivity index (χ3v) is 14.2. The molecule has 0 aromatic heterocycles. The second kappa shape index (κ2) is 51.4. The number of esters is 2. The first kappa shape index (κ1) is 67.5. The molecule has 1 N–H and O–H groups in total. The molecular formula is C59H115NO8P+. The summed E-state index contributed by atoms with van der Waals surface area (Å²) in [7, 11) is 1.49. The van der Waals surface area contributed by atoms with E-state index in [1.165, 1.54) is 218 Å². The van der Waals surface area contributed by atoms with Gasteiger partial charge in [0.1, 0.15) is 19.8 Å². The summed E-state index contributed by atoms with van der Waals surface area (Å²) < 4.78 is 34.6. The van der Waals surface area contributed by atoms with Crippen molar-refractivity contribution in [2.24, 2.45) is 0 Å². The summed E-state index contributed by atoms with van der Waals surface area (Å²) in [5.74, 6) is -0.783. The number of hydrogen-bond acceptors (Lipinski definition) is 7. The van der Waals surface area contributed by atoms with Gasteiger partial charge in [-0.1, -0.05) is 256 Å². The molecule has 0 heterocycles. The van der Waals surface area contributed by atoms with Gasteiger partial charge < -0.3 is 18.9 Å². The number of carbonyl (C=O) groups excluding carboxylic acids is 2. The largest absolute Gasteiger partial charge is 0.472 e. The van der Waals surface area contributed by atoms with Crippen molar-refractivity contribution in [2.75, 3.05) is 47.5 Å². The minimum absolute atomic E-state index is 0.0340. The van der Waals surface area contributed by atoms with Crippen molar-refractivity contribution in [3.8, 4) is 0 Å². The number of carbonyl (C=O) groups is 2. The van der Waals surface area contributed by atoms with Crippen molar-refractivity contribution >= 4 is 19.8 Å². The Bertz CT molecular complexity index is 1220. The number of allylic oxidation sites excluding steroid dienone is 4. The molecule has 0 aromatic carbocycles. The molecule has 0 amide bonds. The van der Waals surface area contributed by atoms with E-state index in [9.17, 15) is 19.0 Å². The first-order valence-corrected chi connectivity index (χ1v) is 31.1. The van der Waals surface area contributed by atoms with Gasteiger partial charge in [0.2, 0.25) is 0 Å². The van der Waals surface area contributed by atoms with Gasteiger partial charge >= 0.3 is 19.8 Å². The lowest BCUT2D eigenvalue weighted by Gasteiger charge is -2.24. The molecule has 0 bridgehead atoms. The van der Waals surface area contributed by atoms with Crippen LogP contribution in [0.15, 0.2) is 24.3 Å². The lowest BCUT2D eigenvalue weighted by Crippen LogP contribution is -2.37. The van der Waals surface area contributed by atoms with E-state index in [1.807, 2.05) is 21.1 Å². The van der Waals surface area contributed by atoms with Crippen LogP contribution in [-0.4, -0.2) is 74.9 Å². The van der Waals surface area contributed by atoms with Gasteiger partial charge in [0, 0.05) is 12.8 Å². The van der Waals surface area contributed by atoms with Crippen LogP contribution in [0.1, 0.15) is 290 Å². The molecule has 0 fully saturated rings. The molecule has 2 atom stereocenters. The second-order valence-electron chi connectivity index (χ2n) is 21.4. The molecule has 408 valence electrons. The summed E-state index contributed by atoms with van der Waals surface area (Å²) in [5.41, 5.74) is 0. The Morgan fingerprint density at radius 2 is 0.783 bits per heavy atom. The van der Waals surface area contributed by atoms with E-state index >= 15 is 0 Å². The van der Waals surface area contributed by atoms with Gasteiger partial charge in [-0.25, -0.2) is 4.57 Å². The number of rotatable bonds is 55. The Morgan fingerprint density at radius 1 is 0.449 bits per heavy atom. The molecule has 0 saturated heterocycles. The van der Waals surface area contributed by atoms with E-state index in [2.05, 4.69) is 38.2 Å². The summed E-state index contributed by atoms with van der Waals surface area (Å²) in [5, 5.41) is 0. The van der Waals surface area contributed by atoms with E-state index < -0.39 is 26.5 Å². The zero-order valence-electron chi connectivity index (χ0n) is 46.3. The minimum Gasteiger partial charge on any atom is -0.462 e. The third kappa shape index (κ3) is 55.7. The van der Waals surface area contributed by atoms with Gasteiger partial charge in [-0.2, -0.15) is 0 Å². The second-order valence-corrected chi connectivity index (χ2v) is 22.8. The van der Waals surface area contributed by atoms with Crippen LogP contribution in [0.25, 0.3) is 0 Å². The van der Waals surface area contributed by atoms with Gasteiger partial charge in [-0.3, -0.25) is 18.6 Å². The number of ether oxygens (including phenoxy) is 2. The number of phosphoric ester groups is 1. The van der Waals surface area contributed by atoms with Crippen molar-refractivity contribution < 1.29 is 42.1 Å². The SMILES string of the molecule is CCCCCCC/C=C\C/C=C\CCCCCCCCCCCCCC(=O)OC(COC(=O)CCCCCCCCCCCCCCCCCCCCCCCC)COP(=O)(O)OCC[N+](C)(C)C. The summed E-state index contributed by atoms with van der Waals surface area (Å²) in [6, 6.07) is 0. The maximum Gasteiger partial charge on any atom is 0.472 e. The molecule has 9 nitrogen and oxygen atoms in total. The number of hydrogen-bond donors (Lipinski definition) is 1. The highest BCUT2D eigenvalue weighted by Gasteiger charge is 2.27. The normalized spacial score (nSPS) is 13.4. The van der Waals surface area contributed by atoms with Crippen LogP contribution in [0, 0.1) is 0 Å². The van der Waals surface area contributed by atoms with E-state index in [0.29, 0.717) is 23.9 Å². The summed E-state index contributed by atoms with van der Waals surface area (Å²) >= 11 is 0.